The number of hydrogen-bond donors (Lipinski definition) is 1. The Balaban J connectivity index is 2.13. The van der Waals surface area contributed by atoms with Crippen molar-refractivity contribution in [2.75, 3.05) is 13.7 Å². The Bertz CT molecular complexity index is 378. The van der Waals surface area contributed by atoms with Crippen molar-refractivity contribution in [1.82, 2.24) is 5.32 Å². The van der Waals surface area contributed by atoms with Crippen LogP contribution < -0.4 is 5.32 Å². The molecule has 1 fully saturated rings. The molecule has 2 unspecified atom stereocenters. The Labute approximate surface area is 112 Å². The first kappa shape index (κ1) is 13.2. The molecule has 0 bridgehead atoms. The molecule has 0 aliphatic carbocycles. The summed E-state index contributed by atoms with van der Waals surface area (Å²) in [5.74, 6) is 0. The molecule has 0 amide bonds. The maximum Gasteiger partial charge on any atom is 0.0640 e. The topological polar surface area (TPSA) is 21.3 Å². The van der Waals surface area contributed by atoms with Crippen molar-refractivity contribution in [2.24, 2.45) is 0 Å². The highest BCUT2D eigenvalue weighted by molar-refractivity contribution is 6.42. The normalized spacial score (nSPS) is 21.7. The molecule has 94 valence electrons. The highest BCUT2D eigenvalue weighted by Crippen LogP contribution is 2.33. The van der Waals surface area contributed by atoms with Gasteiger partial charge in [-0.3, -0.25) is 0 Å². The number of rotatable bonds is 4. The molecule has 2 rings (SSSR count). The van der Waals surface area contributed by atoms with Gasteiger partial charge in [-0.05, 0) is 37.9 Å². The average molecular weight is 274 g/mol. The van der Waals surface area contributed by atoms with Crippen LogP contribution in [0.15, 0.2) is 18.2 Å². The van der Waals surface area contributed by atoms with Gasteiger partial charge in [0.05, 0.1) is 16.1 Å². The van der Waals surface area contributed by atoms with E-state index in [4.69, 9.17) is 27.9 Å². The summed E-state index contributed by atoms with van der Waals surface area (Å²) in [5, 5.41) is 4.54. The molecule has 1 saturated heterocycles. The Hall–Kier alpha value is -0.280. The van der Waals surface area contributed by atoms with E-state index in [1.165, 1.54) is 0 Å². The van der Waals surface area contributed by atoms with Crippen LogP contribution in [0.2, 0.25) is 10.0 Å². The van der Waals surface area contributed by atoms with Gasteiger partial charge in [-0.1, -0.05) is 35.3 Å². The summed E-state index contributed by atoms with van der Waals surface area (Å²) in [6, 6.07) is 5.96. The fraction of sp³-hybridized carbons (Fsp3) is 0.538. The SMILES string of the molecule is CNC(CC1CCCO1)c1cccc(Cl)c1Cl. The van der Waals surface area contributed by atoms with E-state index < -0.39 is 0 Å². The zero-order valence-electron chi connectivity index (χ0n) is 9.88. The first-order valence-corrected chi connectivity index (χ1v) is 6.70. The minimum atomic E-state index is 0.198. The van der Waals surface area contributed by atoms with E-state index in [1.807, 2.05) is 25.2 Å². The maximum atomic E-state index is 6.24. The fourth-order valence-electron chi connectivity index (χ4n) is 2.28. The zero-order chi connectivity index (χ0) is 12.3. The highest BCUT2D eigenvalue weighted by atomic mass is 35.5. The van der Waals surface area contributed by atoms with Crippen LogP contribution in [0.4, 0.5) is 0 Å². The number of halogens is 2. The molecule has 4 heteroatoms. The fourth-order valence-corrected chi connectivity index (χ4v) is 2.72. The van der Waals surface area contributed by atoms with E-state index >= 15 is 0 Å². The van der Waals surface area contributed by atoms with E-state index in [9.17, 15) is 0 Å². The largest absolute Gasteiger partial charge is 0.378 e. The van der Waals surface area contributed by atoms with Crippen LogP contribution in [0.5, 0.6) is 0 Å². The molecule has 1 aromatic carbocycles. The molecule has 0 saturated carbocycles. The second kappa shape index (κ2) is 6.05. The van der Waals surface area contributed by atoms with Gasteiger partial charge in [0.15, 0.2) is 0 Å². The van der Waals surface area contributed by atoms with Crippen LogP contribution in [0, 0.1) is 0 Å². The second-order valence-corrected chi connectivity index (χ2v) is 5.14. The van der Waals surface area contributed by atoms with Crippen molar-refractivity contribution < 1.29 is 4.74 Å². The summed E-state index contributed by atoms with van der Waals surface area (Å²) in [6.07, 6.45) is 3.57. The van der Waals surface area contributed by atoms with E-state index in [0.717, 1.165) is 31.4 Å². The standard InChI is InChI=1S/C13H17Cl2NO/c1-16-12(8-9-4-3-7-17-9)10-5-2-6-11(14)13(10)15/h2,5-6,9,12,16H,3-4,7-8H2,1H3. The quantitative estimate of drug-likeness (QED) is 0.901. The monoisotopic (exact) mass is 273 g/mol. The van der Waals surface area contributed by atoms with E-state index in [1.54, 1.807) is 0 Å². The minimum absolute atomic E-state index is 0.198. The van der Waals surface area contributed by atoms with Crippen LogP contribution in [0.25, 0.3) is 0 Å². The Kier molecular flexibility index (Phi) is 4.69. The summed E-state index contributed by atoms with van der Waals surface area (Å²) < 4.78 is 5.66. The van der Waals surface area contributed by atoms with E-state index in [0.29, 0.717) is 16.1 Å². The van der Waals surface area contributed by atoms with Gasteiger partial charge in [-0.25, -0.2) is 0 Å². The second-order valence-electron chi connectivity index (χ2n) is 4.36. The average Bonchev–Trinajstić information content (AvgIpc) is 2.83. The summed E-state index contributed by atoms with van der Waals surface area (Å²) in [6.45, 7) is 0.879. The lowest BCUT2D eigenvalue weighted by atomic mass is 9.99. The Morgan fingerprint density at radius 1 is 1.47 bits per heavy atom. The molecule has 0 radical (unpaired) electrons. The Morgan fingerprint density at radius 2 is 2.29 bits per heavy atom. The summed E-state index contributed by atoms with van der Waals surface area (Å²) in [4.78, 5) is 0. The molecule has 17 heavy (non-hydrogen) atoms. The highest BCUT2D eigenvalue weighted by Gasteiger charge is 2.22. The van der Waals surface area contributed by atoms with Crippen molar-refractivity contribution in [1.29, 1.82) is 0 Å². The van der Waals surface area contributed by atoms with Gasteiger partial charge in [0.25, 0.3) is 0 Å². The molecule has 2 nitrogen and oxygen atoms in total. The lowest BCUT2D eigenvalue weighted by molar-refractivity contribution is 0.0954. The molecule has 1 heterocycles. The third kappa shape index (κ3) is 3.14. The molecule has 2 atom stereocenters. The van der Waals surface area contributed by atoms with Gasteiger partial charge in [0.2, 0.25) is 0 Å². The molecule has 1 aliphatic rings. The summed E-state index contributed by atoms with van der Waals surface area (Å²) in [7, 11) is 1.94. The predicted octanol–water partition coefficient (Wildman–Crippen LogP) is 3.82. The third-order valence-electron chi connectivity index (χ3n) is 3.23. The van der Waals surface area contributed by atoms with Crippen LogP contribution in [-0.4, -0.2) is 19.8 Å². The molecular formula is C13H17Cl2NO. The van der Waals surface area contributed by atoms with Crippen LogP contribution in [0.3, 0.4) is 0 Å². The zero-order valence-corrected chi connectivity index (χ0v) is 11.4. The predicted molar refractivity (Wildman–Crippen MR) is 71.9 cm³/mol. The van der Waals surface area contributed by atoms with E-state index in [-0.39, 0.29) is 6.04 Å². The smallest absolute Gasteiger partial charge is 0.0640 e. The maximum absolute atomic E-state index is 6.24. The lowest BCUT2D eigenvalue weighted by Gasteiger charge is -2.21. The van der Waals surface area contributed by atoms with Gasteiger partial charge in [-0.15, -0.1) is 0 Å². The van der Waals surface area contributed by atoms with Crippen LogP contribution in [0.1, 0.15) is 30.9 Å². The molecular weight excluding hydrogens is 257 g/mol. The van der Waals surface area contributed by atoms with Crippen molar-refractivity contribution in [3.63, 3.8) is 0 Å². The van der Waals surface area contributed by atoms with Crippen LogP contribution >= 0.6 is 23.2 Å². The number of ether oxygens (including phenoxy) is 1. The molecule has 1 aliphatic heterocycles. The molecule has 1 N–H and O–H groups in total. The lowest BCUT2D eigenvalue weighted by Crippen LogP contribution is -2.22. The van der Waals surface area contributed by atoms with Crippen LogP contribution in [-0.2, 0) is 4.74 Å². The van der Waals surface area contributed by atoms with Gasteiger partial charge in [-0.2, -0.15) is 0 Å². The summed E-state index contributed by atoms with van der Waals surface area (Å²) in [5.41, 5.74) is 1.05. The van der Waals surface area contributed by atoms with Crippen molar-refractivity contribution in [3.8, 4) is 0 Å². The van der Waals surface area contributed by atoms with Gasteiger partial charge >= 0.3 is 0 Å². The first-order valence-electron chi connectivity index (χ1n) is 5.95. The minimum Gasteiger partial charge on any atom is -0.378 e. The first-order chi connectivity index (χ1) is 8.22. The number of hydrogen-bond acceptors (Lipinski definition) is 2. The molecule has 0 aromatic heterocycles. The van der Waals surface area contributed by atoms with Gasteiger partial charge in [0.1, 0.15) is 0 Å². The van der Waals surface area contributed by atoms with Crippen molar-refractivity contribution in [3.05, 3.63) is 33.8 Å². The molecule has 1 aromatic rings. The van der Waals surface area contributed by atoms with Crippen molar-refractivity contribution in [2.45, 2.75) is 31.4 Å². The van der Waals surface area contributed by atoms with Crippen molar-refractivity contribution >= 4 is 23.2 Å². The number of nitrogens with one attached hydrogen (secondary N) is 1. The van der Waals surface area contributed by atoms with Gasteiger partial charge in [0, 0.05) is 12.6 Å². The molecule has 0 spiro atoms. The van der Waals surface area contributed by atoms with E-state index in [2.05, 4.69) is 5.32 Å². The number of benzene rings is 1. The third-order valence-corrected chi connectivity index (χ3v) is 4.06. The van der Waals surface area contributed by atoms with Gasteiger partial charge < -0.3 is 10.1 Å². The summed E-state index contributed by atoms with van der Waals surface area (Å²) >= 11 is 12.3. The Morgan fingerprint density at radius 3 is 2.94 bits per heavy atom.